The van der Waals surface area contributed by atoms with Crippen molar-refractivity contribution >= 4 is 16.0 Å². The van der Waals surface area contributed by atoms with E-state index >= 15 is 0 Å². The van der Waals surface area contributed by atoms with Crippen LogP contribution in [-0.2, 0) is 16.4 Å². The maximum atomic E-state index is 12.8. The van der Waals surface area contributed by atoms with Gasteiger partial charge >= 0.3 is 0 Å². The number of aryl methyl sites for hydroxylation is 1. The number of benzene rings is 1. The lowest BCUT2D eigenvalue weighted by atomic mass is 10.1. The first-order valence-electron chi connectivity index (χ1n) is 12.6. The molecule has 0 radical (unpaired) electrons. The van der Waals surface area contributed by atoms with Crippen molar-refractivity contribution in [2.75, 3.05) is 18.0 Å². The second kappa shape index (κ2) is 11.0. The van der Waals surface area contributed by atoms with E-state index in [-0.39, 0.29) is 18.0 Å². The third-order valence-corrected chi connectivity index (χ3v) is 7.79. The highest BCUT2D eigenvalue weighted by molar-refractivity contribution is 7.89. The molecule has 0 unspecified atom stereocenters. The zero-order valence-electron chi connectivity index (χ0n) is 21.8. The summed E-state index contributed by atoms with van der Waals surface area (Å²) in [5.41, 5.74) is 0.885. The predicted octanol–water partition coefficient (Wildman–Crippen LogP) is 3.95. The Morgan fingerprint density at radius 1 is 1.08 bits per heavy atom. The molecule has 4 rings (SSSR count). The summed E-state index contributed by atoms with van der Waals surface area (Å²) in [5, 5.41) is 0. The van der Waals surface area contributed by atoms with E-state index in [9.17, 15) is 13.2 Å². The molecule has 2 aromatic heterocycles. The van der Waals surface area contributed by atoms with Gasteiger partial charge in [0.25, 0.3) is 5.56 Å². The number of aromatic nitrogens is 3. The van der Waals surface area contributed by atoms with Crippen molar-refractivity contribution < 1.29 is 14.6 Å². The zero-order valence-corrected chi connectivity index (χ0v) is 22.7. The quantitative estimate of drug-likeness (QED) is 0.473. The molecular formula is C27H37N5O4S. The summed E-state index contributed by atoms with van der Waals surface area (Å²) in [6.45, 7) is 9.06. The summed E-state index contributed by atoms with van der Waals surface area (Å²) in [6.07, 6.45) is 9.13. The number of hydrogen-bond donors (Lipinski definition) is 1. The van der Waals surface area contributed by atoms with Crippen molar-refractivity contribution in [1.29, 1.82) is 0 Å². The monoisotopic (exact) mass is 527 g/mol. The Morgan fingerprint density at radius 2 is 1.73 bits per heavy atom. The van der Waals surface area contributed by atoms with Crippen molar-refractivity contribution in [2.24, 2.45) is 0 Å². The van der Waals surface area contributed by atoms with Gasteiger partial charge in [-0.3, -0.25) is 9.36 Å². The van der Waals surface area contributed by atoms with Gasteiger partial charge in [0.1, 0.15) is 11.9 Å². The molecular weight excluding hydrogens is 490 g/mol. The Bertz CT molecular complexity index is 1360. The van der Waals surface area contributed by atoms with Crippen LogP contribution in [-0.4, -0.2) is 47.7 Å². The predicted molar refractivity (Wildman–Crippen MR) is 146 cm³/mol. The van der Waals surface area contributed by atoms with Gasteiger partial charge in [-0.15, -0.1) is 0 Å². The number of nitrogens with one attached hydrogen (secondary N) is 1. The van der Waals surface area contributed by atoms with Gasteiger partial charge in [0.05, 0.1) is 4.90 Å². The van der Waals surface area contributed by atoms with Crippen LogP contribution < -0.4 is 19.9 Å². The molecule has 3 heterocycles. The Balaban J connectivity index is 0.00000400. The summed E-state index contributed by atoms with van der Waals surface area (Å²) in [6, 6.07) is 9.45. The minimum absolute atomic E-state index is 0. The second-order valence-corrected chi connectivity index (χ2v) is 12.0. The summed E-state index contributed by atoms with van der Waals surface area (Å²) >= 11 is 0. The molecule has 0 saturated carbocycles. The molecule has 9 nitrogen and oxygen atoms in total. The fraction of sp³-hybridized carbons (Fsp3) is 0.444. The number of piperidine rings is 1. The number of pyridine rings is 1. The van der Waals surface area contributed by atoms with E-state index in [1.165, 1.54) is 22.8 Å². The van der Waals surface area contributed by atoms with Gasteiger partial charge < -0.3 is 9.64 Å². The van der Waals surface area contributed by atoms with Crippen LogP contribution in [0.1, 0.15) is 53.9 Å². The van der Waals surface area contributed by atoms with Crippen LogP contribution in [0.25, 0.3) is 5.69 Å². The number of sulfonamides is 1. The molecule has 10 heteroatoms. The Morgan fingerprint density at radius 3 is 2.30 bits per heavy atom. The van der Waals surface area contributed by atoms with E-state index in [2.05, 4.69) is 26.5 Å². The number of rotatable bonds is 8. The first kappa shape index (κ1) is 26.8. The minimum Gasteiger partial charge on any atom is -0.490 e. The van der Waals surface area contributed by atoms with Crippen LogP contribution in [0.3, 0.4) is 0 Å². The van der Waals surface area contributed by atoms with E-state index in [0.717, 1.165) is 50.3 Å². The molecule has 0 atom stereocenters. The zero-order chi connectivity index (χ0) is 26.6. The lowest BCUT2D eigenvalue weighted by Gasteiger charge is -2.32. The highest BCUT2D eigenvalue weighted by Crippen LogP contribution is 2.21. The molecule has 37 heavy (non-hydrogen) atoms. The first-order valence-corrected chi connectivity index (χ1v) is 14.1. The molecule has 200 valence electrons. The van der Waals surface area contributed by atoms with Crippen LogP contribution in [0.2, 0.25) is 0 Å². The molecule has 0 aliphatic carbocycles. The summed E-state index contributed by atoms with van der Waals surface area (Å²) in [4.78, 5) is 24.1. The molecule has 1 aromatic carbocycles. The van der Waals surface area contributed by atoms with Gasteiger partial charge in [0, 0.05) is 63.2 Å². The SMILES string of the molecule is CCCc1cnc(N2CCC(Oc3ccn(-c4ccc(S(=O)(=O)NC(C)(C)C)cc4)c(=O)c3)CC2)nc1.[HH]. The van der Waals surface area contributed by atoms with Crippen LogP contribution >= 0.6 is 0 Å². The number of hydrogen-bond acceptors (Lipinski definition) is 7. The van der Waals surface area contributed by atoms with E-state index in [1.807, 2.05) is 12.4 Å². The summed E-state index contributed by atoms with van der Waals surface area (Å²) in [7, 11) is -3.65. The molecule has 1 saturated heterocycles. The molecule has 3 aromatic rings. The van der Waals surface area contributed by atoms with Gasteiger partial charge in [-0.25, -0.2) is 23.1 Å². The lowest BCUT2D eigenvalue weighted by molar-refractivity contribution is 0.170. The minimum atomic E-state index is -3.65. The molecule has 1 N–H and O–H groups in total. The highest BCUT2D eigenvalue weighted by Gasteiger charge is 2.23. The maximum Gasteiger partial charge on any atom is 0.258 e. The van der Waals surface area contributed by atoms with Crippen molar-refractivity contribution in [1.82, 2.24) is 19.3 Å². The van der Waals surface area contributed by atoms with Gasteiger partial charge in [-0.1, -0.05) is 13.3 Å². The van der Waals surface area contributed by atoms with E-state index in [4.69, 9.17) is 4.74 Å². The van der Waals surface area contributed by atoms with E-state index in [0.29, 0.717) is 11.4 Å². The first-order chi connectivity index (χ1) is 17.5. The van der Waals surface area contributed by atoms with Gasteiger partial charge in [-0.2, -0.15) is 0 Å². The van der Waals surface area contributed by atoms with E-state index in [1.54, 1.807) is 45.2 Å². The van der Waals surface area contributed by atoms with Crippen LogP contribution in [0.15, 0.2) is 64.7 Å². The Hall–Kier alpha value is -3.24. The van der Waals surface area contributed by atoms with Crippen LogP contribution in [0.4, 0.5) is 5.95 Å². The average Bonchev–Trinajstić information content (AvgIpc) is 2.84. The second-order valence-electron chi connectivity index (χ2n) is 10.4. The van der Waals surface area contributed by atoms with Gasteiger partial charge in [-0.05, 0) is 63.1 Å². The molecule has 0 bridgehead atoms. The third kappa shape index (κ3) is 6.95. The average molecular weight is 528 g/mol. The van der Waals surface area contributed by atoms with Crippen molar-refractivity contribution in [2.45, 2.75) is 69.9 Å². The lowest BCUT2D eigenvalue weighted by Crippen LogP contribution is -2.40. The summed E-state index contributed by atoms with van der Waals surface area (Å²) < 4.78 is 35.2. The smallest absolute Gasteiger partial charge is 0.258 e. The topological polar surface area (TPSA) is 106 Å². The largest absolute Gasteiger partial charge is 0.490 e. The Labute approximate surface area is 220 Å². The number of nitrogens with zero attached hydrogens (tertiary/aromatic N) is 4. The highest BCUT2D eigenvalue weighted by atomic mass is 32.2. The molecule has 1 fully saturated rings. The molecule has 1 aliphatic heterocycles. The standard InChI is InChI=1S/C27H35N5O4S.H2/c1-5-6-20-18-28-26(29-19-20)31-14-11-22(12-15-31)36-23-13-16-32(25(33)17-23)21-7-9-24(10-8-21)37(34,35)30-27(2,3)4;/h7-10,13,16-19,22,30H,5-6,11-12,14-15H2,1-4H3;1H. The fourth-order valence-electron chi connectivity index (χ4n) is 4.29. The fourth-order valence-corrected chi connectivity index (χ4v) is 5.71. The van der Waals surface area contributed by atoms with Crippen molar-refractivity contribution in [3.8, 4) is 11.4 Å². The number of ether oxygens (including phenoxy) is 1. The van der Waals surface area contributed by atoms with Gasteiger partial charge in [0.2, 0.25) is 16.0 Å². The Kier molecular flexibility index (Phi) is 7.99. The molecule has 1 aliphatic rings. The summed E-state index contributed by atoms with van der Waals surface area (Å²) in [5.74, 6) is 1.27. The van der Waals surface area contributed by atoms with Crippen molar-refractivity contribution in [3.05, 3.63) is 70.9 Å². The molecule has 0 amide bonds. The van der Waals surface area contributed by atoms with Crippen LogP contribution in [0, 0.1) is 0 Å². The maximum absolute atomic E-state index is 12.8. The van der Waals surface area contributed by atoms with Gasteiger partial charge in [0.15, 0.2) is 0 Å². The van der Waals surface area contributed by atoms with Crippen molar-refractivity contribution in [3.63, 3.8) is 0 Å². The number of anilines is 1. The van der Waals surface area contributed by atoms with E-state index < -0.39 is 15.6 Å². The van der Waals surface area contributed by atoms with Crippen LogP contribution in [0.5, 0.6) is 5.75 Å². The molecule has 0 spiro atoms. The normalized spacial score (nSPS) is 15.1. The third-order valence-electron chi connectivity index (χ3n) is 6.01.